The third kappa shape index (κ3) is 1.54. The highest BCUT2D eigenvalue weighted by atomic mass is 16.6. The van der Waals surface area contributed by atoms with Gasteiger partial charge in [-0.15, -0.1) is 0 Å². The molecule has 16 heavy (non-hydrogen) atoms. The van der Waals surface area contributed by atoms with Gasteiger partial charge >= 0.3 is 0 Å². The van der Waals surface area contributed by atoms with E-state index in [1.54, 1.807) is 13.0 Å². The molecule has 3 heteroatoms. The Morgan fingerprint density at radius 3 is 2.38 bits per heavy atom. The van der Waals surface area contributed by atoms with Gasteiger partial charge in [-0.3, -0.25) is 4.79 Å². The molecule has 1 aliphatic carbocycles. The summed E-state index contributed by atoms with van der Waals surface area (Å²) >= 11 is 0. The Kier molecular flexibility index (Phi) is 2.34. The molecule has 2 rings (SSSR count). The highest BCUT2D eigenvalue weighted by molar-refractivity contribution is 5.92. The Balaban J connectivity index is 2.46. The van der Waals surface area contributed by atoms with Crippen molar-refractivity contribution in [3.05, 3.63) is 11.6 Å². The smallest absolute Gasteiger partial charge is 0.163 e. The Bertz CT molecular complexity index is 365. The number of allylic oxidation sites excluding steroid dienone is 1. The third-order valence-electron chi connectivity index (χ3n) is 4.06. The largest absolute Gasteiger partial charge is 0.366 e. The van der Waals surface area contributed by atoms with Gasteiger partial charge in [-0.2, -0.15) is 0 Å². The van der Waals surface area contributed by atoms with E-state index in [4.69, 9.17) is 4.74 Å². The van der Waals surface area contributed by atoms with Crippen LogP contribution >= 0.6 is 0 Å². The van der Waals surface area contributed by atoms with Gasteiger partial charge in [0, 0.05) is 18.3 Å². The second-order valence-electron chi connectivity index (χ2n) is 5.96. The van der Waals surface area contributed by atoms with Crippen molar-refractivity contribution >= 4 is 5.78 Å². The lowest BCUT2D eigenvalue weighted by atomic mass is 9.63. The van der Waals surface area contributed by atoms with Crippen molar-refractivity contribution in [2.75, 3.05) is 0 Å². The first-order valence-electron chi connectivity index (χ1n) is 5.83. The Morgan fingerprint density at radius 2 is 1.94 bits per heavy atom. The van der Waals surface area contributed by atoms with E-state index in [0.29, 0.717) is 12.8 Å². The van der Waals surface area contributed by atoms with Gasteiger partial charge in [0.1, 0.15) is 0 Å². The summed E-state index contributed by atoms with van der Waals surface area (Å²) in [5, 5.41) is 9.99. The summed E-state index contributed by atoms with van der Waals surface area (Å²) in [6.45, 7) is 7.72. The summed E-state index contributed by atoms with van der Waals surface area (Å²) in [7, 11) is 0. The van der Waals surface area contributed by atoms with Crippen molar-refractivity contribution in [3.8, 4) is 0 Å². The lowest BCUT2D eigenvalue weighted by Crippen LogP contribution is -2.50. The molecule has 0 amide bonds. The van der Waals surface area contributed by atoms with Crippen LogP contribution in [0.15, 0.2) is 11.6 Å². The summed E-state index contributed by atoms with van der Waals surface area (Å²) in [5.41, 5.74) is 0.236. The van der Waals surface area contributed by atoms with Crippen molar-refractivity contribution in [2.24, 2.45) is 5.41 Å². The number of aliphatic hydroxyl groups is 1. The van der Waals surface area contributed by atoms with Gasteiger partial charge in [-0.05, 0) is 31.9 Å². The zero-order valence-electron chi connectivity index (χ0n) is 10.5. The molecule has 0 bridgehead atoms. The average Bonchev–Trinajstić information content (AvgIpc) is 2.40. The molecule has 0 saturated carbocycles. The first kappa shape index (κ1) is 11.8. The number of carbonyl (C=O) groups excluding carboxylic acids is 1. The normalized spacial score (nSPS) is 42.6. The van der Waals surface area contributed by atoms with Crippen LogP contribution in [0.3, 0.4) is 0 Å². The van der Waals surface area contributed by atoms with Crippen molar-refractivity contribution in [1.82, 2.24) is 0 Å². The van der Waals surface area contributed by atoms with Gasteiger partial charge in [0.15, 0.2) is 11.6 Å². The molecule has 1 fully saturated rings. The number of hydrogen-bond donors (Lipinski definition) is 1. The van der Waals surface area contributed by atoms with E-state index >= 15 is 0 Å². The number of carbonyl (C=O) groups is 1. The number of ether oxygens (including phenoxy) is 1. The van der Waals surface area contributed by atoms with Crippen molar-refractivity contribution in [2.45, 2.75) is 58.3 Å². The molecule has 90 valence electrons. The monoisotopic (exact) mass is 224 g/mol. The molecule has 1 N–H and O–H groups in total. The molecular formula is C13H20O3. The van der Waals surface area contributed by atoms with Gasteiger partial charge in [-0.25, -0.2) is 0 Å². The number of ketones is 1. The molecule has 2 atom stereocenters. The van der Waals surface area contributed by atoms with E-state index < -0.39 is 11.4 Å². The maximum Gasteiger partial charge on any atom is 0.163 e. The van der Waals surface area contributed by atoms with Crippen molar-refractivity contribution < 1.29 is 14.6 Å². The van der Waals surface area contributed by atoms with Crippen LogP contribution in [0.1, 0.15) is 47.0 Å². The minimum absolute atomic E-state index is 0.156. The highest BCUT2D eigenvalue weighted by Crippen LogP contribution is 2.54. The van der Waals surface area contributed by atoms with E-state index in [0.717, 1.165) is 12.0 Å². The SMILES string of the molecule is CC1=CC(=O)CC(C)(C)[C@]12CCC(C)(O)O2. The standard InChI is InChI=1S/C13H20O3/c1-9-7-10(14)8-11(2,3)13(9)6-5-12(4,15)16-13/h7,15H,5-6,8H2,1-4H3/t12?,13-/m0/s1. The maximum absolute atomic E-state index is 11.6. The molecule has 0 radical (unpaired) electrons. The third-order valence-corrected chi connectivity index (χ3v) is 4.06. The first-order valence-corrected chi connectivity index (χ1v) is 5.83. The fourth-order valence-corrected chi connectivity index (χ4v) is 3.16. The molecule has 0 aromatic rings. The Labute approximate surface area is 96.5 Å². The van der Waals surface area contributed by atoms with Gasteiger partial charge < -0.3 is 9.84 Å². The van der Waals surface area contributed by atoms with Crippen LogP contribution in [-0.4, -0.2) is 22.3 Å². The second-order valence-corrected chi connectivity index (χ2v) is 5.96. The summed E-state index contributed by atoms with van der Waals surface area (Å²) < 4.78 is 5.89. The van der Waals surface area contributed by atoms with Gasteiger partial charge in [0.25, 0.3) is 0 Å². The topological polar surface area (TPSA) is 46.5 Å². The van der Waals surface area contributed by atoms with Crippen molar-refractivity contribution in [1.29, 1.82) is 0 Å². The molecule has 1 heterocycles. The molecule has 1 aliphatic heterocycles. The molecular weight excluding hydrogens is 204 g/mol. The second kappa shape index (κ2) is 3.17. The zero-order chi connectivity index (χ0) is 12.2. The van der Waals surface area contributed by atoms with E-state index in [1.807, 2.05) is 20.8 Å². The fraction of sp³-hybridized carbons (Fsp3) is 0.769. The molecule has 0 aromatic carbocycles. The lowest BCUT2D eigenvalue weighted by Gasteiger charge is -2.47. The maximum atomic E-state index is 11.6. The van der Waals surface area contributed by atoms with E-state index in [-0.39, 0.29) is 11.2 Å². The fourth-order valence-electron chi connectivity index (χ4n) is 3.16. The summed E-state index contributed by atoms with van der Waals surface area (Å²) in [6, 6.07) is 0. The molecule has 1 unspecified atom stereocenters. The van der Waals surface area contributed by atoms with Crippen LogP contribution < -0.4 is 0 Å². The summed E-state index contributed by atoms with van der Waals surface area (Å²) in [6.07, 6.45) is 3.56. The minimum atomic E-state index is -1.06. The van der Waals surface area contributed by atoms with E-state index in [2.05, 4.69) is 0 Å². The van der Waals surface area contributed by atoms with Gasteiger partial charge in [0.2, 0.25) is 0 Å². The molecule has 2 aliphatic rings. The van der Waals surface area contributed by atoms with Crippen LogP contribution in [-0.2, 0) is 9.53 Å². The van der Waals surface area contributed by atoms with Gasteiger partial charge in [0.05, 0.1) is 5.60 Å². The minimum Gasteiger partial charge on any atom is -0.366 e. The van der Waals surface area contributed by atoms with Crippen LogP contribution in [0, 0.1) is 5.41 Å². The number of hydrogen-bond acceptors (Lipinski definition) is 3. The lowest BCUT2D eigenvalue weighted by molar-refractivity contribution is -0.229. The first-order chi connectivity index (χ1) is 7.19. The molecule has 0 aromatic heterocycles. The van der Waals surface area contributed by atoms with Crippen LogP contribution in [0.4, 0.5) is 0 Å². The van der Waals surface area contributed by atoms with E-state index in [1.165, 1.54) is 0 Å². The van der Waals surface area contributed by atoms with Gasteiger partial charge in [-0.1, -0.05) is 13.8 Å². The van der Waals surface area contributed by atoms with Crippen LogP contribution in [0.25, 0.3) is 0 Å². The summed E-state index contributed by atoms with van der Waals surface area (Å²) in [5.74, 6) is -0.907. The highest BCUT2D eigenvalue weighted by Gasteiger charge is 2.57. The Hall–Kier alpha value is -0.670. The van der Waals surface area contributed by atoms with Crippen molar-refractivity contribution in [3.63, 3.8) is 0 Å². The molecule has 1 spiro atoms. The summed E-state index contributed by atoms with van der Waals surface area (Å²) in [4.78, 5) is 11.6. The predicted octanol–water partition coefficient (Wildman–Crippen LogP) is 2.19. The van der Waals surface area contributed by atoms with E-state index in [9.17, 15) is 9.90 Å². The molecule has 1 saturated heterocycles. The predicted molar refractivity (Wildman–Crippen MR) is 60.8 cm³/mol. The van der Waals surface area contributed by atoms with Crippen LogP contribution in [0.5, 0.6) is 0 Å². The zero-order valence-corrected chi connectivity index (χ0v) is 10.5. The average molecular weight is 224 g/mol. The number of rotatable bonds is 0. The Morgan fingerprint density at radius 1 is 1.31 bits per heavy atom. The molecule has 3 nitrogen and oxygen atoms in total. The van der Waals surface area contributed by atoms with Crippen LogP contribution in [0.2, 0.25) is 0 Å². The quantitative estimate of drug-likeness (QED) is 0.686.